The second-order valence-electron chi connectivity index (χ2n) is 8.37. The molecule has 0 bridgehead atoms. The van der Waals surface area contributed by atoms with Crippen molar-refractivity contribution >= 4 is 58.0 Å². The third-order valence-electron chi connectivity index (χ3n) is 5.79. The second-order valence-corrected chi connectivity index (χ2v) is 11.8. The minimum atomic E-state index is -0.0885. The first-order valence-corrected chi connectivity index (χ1v) is 14.5. The lowest BCUT2D eigenvalue weighted by Gasteiger charge is -2.10. The number of rotatable bonds is 12. The van der Waals surface area contributed by atoms with E-state index in [1.54, 1.807) is 0 Å². The van der Waals surface area contributed by atoms with Gasteiger partial charge in [0, 0.05) is 11.4 Å². The zero-order valence-corrected chi connectivity index (χ0v) is 23.0. The van der Waals surface area contributed by atoms with E-state index < -0.39 is 0 Å². The van der Waals surface area contributed by atoms with Crippen molar-refractivity contribution in [3.8, 4) is 0 Å². The van der Waals surface area contributed by atoms with Crippen molar-refractivity contribution in [1.82, 2.24) is 10.2 Å². The van der Waals surface area contributed by atoms with Crippen LogP contribution in [0.1, 0.15) is 63.5 Å². The van der Waals surface area contributed by atoms with Crippen LogP contribution in [0.15, 0.2) is 57.2 Å². The predicted octanol–water partition coefficient (Wildman–Crippen LogP) is 7.03. The number of nitrogens with one attached hydrogen (secondary N) is 2. The van der Waals surface area contributed by atoms with Crippen LogP contribution in [0.25, 0.3) is 0 Å². The zero-order valence-electron chi connectivity index (χ0n) is 20.5. The van der Waals surface area contributed by atoms with E-state index in [-0.39, 0.29) is 23.3 Å². The molecule has 0 aliphatic rings. The van der Waals surface area contributed by atoms with Gasteiger partial charge in [0.15, 0.2) is 8.68 Å². The smallest absolute Gasteiger partial charge is 0.234 e. The first-order valence-electron chi connectivity index (χ1n) is 11.8. The largest absolute Gasteiger partial charge is 0.325 e. The third kappa shape index (κ3) is 8.66. The summed E-state index contributed by atoms with van der Waals surface area (Å²) in [7, 11) is 0. The molecule has 2 amide bonds. The molecule has 0 aliphatic heterocycles. The van der Waals surface area contributed by atoms with Gasteiger partial charge in [-0.3, -0.25) is 9.59 Å². The molecule has 2 aromatic carbocycles. The molecule has 1 aromatic heterocycles. The maximum absolute atomic E-state index is 12.3. The number of carbonyl (C=O) groups excluding carboxylic acids is 2. The second kappa shape index (κ2) is 13.7. The van der Waals surface area contributed by atoms with Crippen LogP contribution in [-0.2, 0) is 9.59 Å². The Morgan fingerprint density at radius 2 is 1.11 bits per heavy atom. The molecule has 9 heteroatoms. The molecule has 0 saturated heterocycles. The molecule has 0 fully saturated rings. The summed E-state index contributed by atoms with van der Waals surface area (Å²) >= 11 is 4.07. The topological polar surface area (TPSA) is 84.0 Å². The molecule has 0 unspecified atom stereocenters. The number of aromatic nitrogens is 2. The molecule has 35 heavy (non-hydrogen) atoms. The molecule has 0 radical (unpaired) electrons. The lowest BCUT2D eigenvalue weighted by Crippen LogP contribution is -2.14. The van der Waals surface area contributed by atoms with Gasteiger partial charge in [-0.05, 0) is 60.1 Å². The fraction of sp³-hybridized carbons (Fsp3) is 0.385. The van der Waals surface area contributed by atoms with Crippen molar-refractivity contribution in [3.05, 3.63) is 59.7 Å². The number of carbonyl (C=O) groups is 2. The fourth-order valence-electron chi connectivity index (χ4n) is 3.22. The Balaban J connectivity index is 1.39. The summed E-state index contributed by atoms with van der Waals surface area (Å²) in [6, 6.07) is 16.0. The first kappa shape index (κ1) is 27.2. The number of benzene rings is 2. The van der Waals surface area contributed by atoms with Crippen LogP contribution < -0.4 is 10.6 Å². The quantitative estimate of drug-likeness (QED) is 0.246. The minimum absolute atomic E-state index is 0.0885. The van der Waals surface area contributed by atoms with Crippen molar-refractivity contribution < 1.29 is 9.59 Å². The molecule has 2 atom stereocenters. The lowest BCUT2D eigenvalue weighted by molar-refractivity contribution is -0.114. The Bertz CT molecular complexity index is 1010. The standard InChI is InChI=1S/C26H32N4O2S3/c1-5-17(3)19-7-11-21(12-8-19)27-23(31)15-33-25-29-30-26(35-25)34-16-24(32)28-22-13-9-20(10-14-22)18(4)6-2/h7-14,17-18H,5-6,15-16H2,1-4H3,(H,27,31)(H,28,32)/t17-,18-/m0/s1. The van der Waals surface area contributed by atoms with Crippen LogP contribution in [0, 0.1) is 0 Å². The van der Waals surface area contributed by atoms with Gasteiger partial charge in [0.1, 0.15) is 0 Å². The van der Waals surface area contributed by atoms with Gasteiger partial charge in [-0.15, -0.1) is 10.2 Å². The summed E-state index contributed by atoms with van der Waals surface area (Å²) in [6.07, 6.45) is 2.17. The molecular weight excluding hydrogens is 497 g/mol. The molecular formula is C26H32N4O2S3. The normalized spacial score (nSPS) is 12.7. The van der Waals surface area contributed by atoms with Gasteiger partial charge in [0.05, 0.1) is 11.5 Å². The van der Waals surface area contributed by atoms with Crippen molar-refractivity contribution in [3.63, 3.8) is 0 Å². The lowest BCUT2D eigenvalue weighted by atomic mass is 9.99. The monoisotopic (exact) mass is 528 g/mol. The zero-order chi connectivity index (χ0) is 25.2. The van der Waals surface area contributed by atoms with E-state index in [0.29, 0.717) is 20.5 Å². The Kier molecular flexibility index (Phi) is 10.6. The van der Waals surface area contributed by atoms with Crippen LogP contribution in [0.4, 0.5) is 11.4 Å². The average Bonchev–Trinajstić information content (AvgIpc) is 3.34. The van der Waals surface area contributed by atoms with E-state index in [2.05, 4.69) is 72.8 Å². The fourth-order valence-corrected chi connectivity index (χ4v) is 5.84. The first-order chi connectivity index (χ1) is 16.9. The summed E-state index contributed by atoms with van der Waals surface area (Å²) < 4.78 is 1.41. The summed E-state index contributed by atoms with van der Waals surface area (Å²) in [5.74, 6) is 1.33. The van der Waals surface area contributed by atoms with Gasteiger partial charge in [0.2, 0.25) is 11.8 Å². The van der Waals surface area contributed by atoms with E-state index in [4.69, 9.17) is 0 Å². The van der Waals surface area contributed by atoms with E-state index in [1.165, 1.54) is 46.0 Å². The van der Waals surface area contributed by atoms with Crippen LogP contribution in [0.2, 0.25) is 0 Å². The van der Waals surface area contributed by atoms with Crippen molar-refractivity contribution in [1.29, 1.82) is 0 Å². The van der Waals surface area contributed by atoms with E-state index in [1.807, 2.05) is 24.3 Å². The maximum Gasteiger partial charge on any atom is 0.234 e. The Hall–Kier alpha value is -2.36. The van der Waals surface area contributed by atoms with Gasteiger partial charge >= 0.3 is 0 Å². The highest BCUT2D eigenvalue weighted by Gasteiger charge is 2.12. The molecule has 3 rings (SSSR count). The Morgan fingerprint density at radius 1 is 0.743 bits per heavy atom. The number of thioether (sulfide) groups is 2. The van der Waals surface area contributed by atoms with Crippen molar-refractivity contribution in [2.24, 2.45) is 0 Å². The SMILES string of the molecule is CC[C@H](C)c1ccc(NC(=O)CSc2nnc(SCC(=O)Nc3ccc([C@@H](C)CC)cc3)s2)cc1. The average molecular weight is 529 g/mol. The summed E-state index contributed by atoms with van der Waals surface area (Å²) in [4.78, 5) is 24.6. The highest BCUT2D eigenvalue weighted by atomic mass is 32.2. The molecule has 0 aliphatic carbocycles. The Labute approximate surface area is 220 Å². The Morgan fingerprint density at radius 3 is 1.46 bits per heavy atom. The van der Waals surface area contributed by atoms with Crippen molar-refractivity contribution in [2.75, 3.05) is 22.1 Å². The molecule has 3 aromatic rings. The minimum Gasteiger partial charge on any atom is -0.325 e. The summed E-state index contributed by atoms with van der Waals surface area (Å²) in [6.45, 7) is 8.71. The van der Waals surface area contributed by atoms with Crippen LogP contribution in [0.5, 0.6) is 0 Å². The highest BCUT2D eigenvalue weighted by Crippen LogP contribution is 2.29. The van der Waals surface area contributed by atoms with E-state index in [0.717, 1.165) is 24.2 Å². The maximum atomic E-state index is 12.3. The molecule has 0 saturated carbocycles. The molecule has 2 N–H and O–H groups in total. The van der Waals surface area contributed by atoms with Gasteiger partial charge in [-0.2, -0.15) is 0 Å². The number of anilines is 2. The summed E-state index contributed by atoms with van der Waals surface area (Å²) in [5.41, 5.74) is 4.12. The molecule has 6 nitrogen and oxygen atoms in total. The van der Waals surface area contributed by atoms with E-state index in [9.17, 15) is 9.59 Å². The van der Waals surface area contributed by atoms with Gasteiger partial charge in [-0.25, -0.2) is 0 Å². The van der Waals surface area contributed by atoms with Crippen molar-refractivity contribution in [2.45, 2.75) is 61.1 Å². The van der Waals surface area contributed by atoms with Crippen LogP contribution in [-0.4, -0.2) is 33.5 Å². The predicted molar refractivity (Wildman–Crippen MR) is 149 cm³/mol. The number of amides is 2. The third-order valence-corrected chi connectivity index (χ3v) is 8.98. The molecule has 186 valence electrons. The number of hydrogen-bond acceptors (Lipinski definition) is 7. The van der Waals surface area contributed by atoms with Gasteiger partial charge in [0.25, 0.3) is 0 Å². The van der Waals surface area contributed by atoms with Gasteiger partial charge < -0.3 is 10.6 Å². The number of hydrogen-bond donors (Lipinski definition) is 2. The van der Waals surface area contributed by atoms with Crippen LogP contribution in [0.3, 0.4) is 0 Å². The summed E-state index contributed by atoms with van der Waals surface area (Å²) in [5, 5.41) is 14.1. The highest BCUT2D eigenvalue weighted by molar-refractivity contribution is 8.03. The van der Waals surface area contributed by atoms with Crippen LogP contribution >= 0.6 is 34.9 Å². The molecule has 1 heterocycles. The van der Waals surface area contributed by atoms with E-state index >= 15 is 0 Å². The van der Waals surface area contributed by atoms with Gasteiger partial charge in [-0.1, -0.05) is 86.8 Å². The molecule has 0 spiro atoms. The number of nitrogens with zero attached hydrogens (tertiary/aromatic N) is 2.